The average molecular weight is 338 g/mol. The van der Waals surface area contributed by atoms with Crippen molar-refractivity contribution in [2.45, 2.75) is 37.6 Å². The van der Waals surface area contributed by atoms with Gasteiger partial charge in [0, 0.05) is 17.4 Å². The van der Waals surface area contributed by atoms with Gasteiger partial charge in [0.1, 0.15) is 5.82 Å². The number of pyridine rings is 1. The molecule has 25 heavy (non-hydrogen) atoms. The third-order valence-corrected chi connectivity index (χ3v) is 4.49. The lowest BCUT2D eigenvalue weighted by Crippen LogP contribution is -2.52. The maximum Gasteiger partial charge on any atom is 0.256 e. The highest BCUT2D eigenvalue weighted by molar-refractivity contribution is 6.05. The van der Waals surface area contributed by atoms with Crippen LogP contribution in [0, 0.1) is 0 Å². The molecule has 2 amide bonds. The van der Waals surface area contributed by atoms with E-state index in [1.807, 2.05) is 0 Å². The first kappa shape index (κ1) is 17.1. The quantitative estimate of drug-likeness (QED) is 0.798. The summed E-state index contributed by atoms with van der Waals surface area (Å²) in [6.45, 7) is 0. The summed E-state index contributed by atoms with van der Waals surface area (Å²) in [6, 6.07) is 12.1. The number of carbonyl (C=O) groups is 2. The predicted molar refractivity (Wildman–Crippen MR) is 97.3 cm³/mol. The molecule has 0 bridgehead atoms. The second kappa shape index (κ2) is 7.44. The van der Waals surface area contributed by atoms with E-state index < -0.39 is 5.54 Å². The number of hydrogen-bond acceptors (Lipinski definition) is 4. The second-order valence-electron chi connectivity index (χ2n) is 6.42. The standard InChI is InChI=1S/C19H22N4O2/c20-19(10-3-1-4-11-19)18(25)22-15-8-6-7-14(13-15)17(24)23-16-9-2-5-12-21-16/h2,5-9,12-13H,1,3-4,10-11,20H2,(H,22,25)(H,21,23,24). The van der Waals surface area contributed by atoms with Crippen molar-refractivity contribution in [2.75, 3.05) is 10.6 Å². The van der Waals surface area contributed by atoms with Crippen LogP contribution in [0.3, 0.4) is 0 Å². The molecule has 130 valence electrons. The molecule has 1 aliphatic rings. The van der Waals surface area contributed by atoms with Gasteiger partial charge in [-0.1, -0.05) is 31.4 Å². The summed E-state index contributed by atoms with van der Waals surface area (Å²) in [6.07, 6.45) is 6.05. The summed E-state index contributed by atoms with van der Waals surface area (Å²) in [7, 11) is 0. The van der Waals surface area contributed by atoms with Crippen molar-refractivity contribution in [1.82, 2.24) is 4.98 Å². The molecule has 0 spiro atoms. The molecular formula is C19H22N4O2. The number of amides is 2. The van der Waals surface area contributed by atoms with Gasteiger partial charge in [-0.3, -0.25) is 9.59 Å². The third-order valence-electron chi connectivity index (χ3n) is 4.49. The molecule has 6 nitrogen and oxygen atoms in total. The fraction of sp³-hybridized carbons (Fsp3) is 0.316. The van der Waals surface area contributed by atoms with Crippen LogP contribution < -0.4 is 16.4 Å². The Bertz CT molecular complexity index is 755. The van der Waals surface area contributed by atoms with Crippen molar-refractivity contribution in [2.24, 2.45) is 5.73 Å². The minimum atomic E-state index is -0.815. The Morgan fingerprint density at radius 1 is 1.00 bits per heavy atom. The number of nitrogens with zero attached hydrogens (tertiary/aromatic N) is 1. The molecule has 0 saturated heterocycles. The highest BCUT2D eigenvalue weighted by atomic mass is 16.2. The van der Waals surface area contributed by atoms with Gasteiger partial charge in [-0.15, -0.1) is 0 Å². The van der Waals surface area contributed by atoms with E-state index in [9.17, 15) is 9.59 Å². The number of hydrogen-bond donors (Lipinski definition) is 3. The summed E-state index contributed by atoms with van der Waals surface area (Å²) >= 11 is 0. The molecule has 0 atom stereocenters. The van der Waals surface area contributed by atoms with Crippen molar-refractivity contribution in [3.8, 4) is 0 Å². The van der Waals surface area contributed by atoms with Gasteiger partial charge in [0.15, 0.2) is 0 Å². The molecule has 0 unspecified atom stereocenters. The van der Waals surface area contributed by atoms with Crippen LogP contribution in [0.15, 0.2) is 48.7 Å². The van der Waals surface area contributed by atoms with E-state index in [2.05, 4.69) is 15.6 Å². The van der Waals surface area contributed by atoms with Crippen LogP contribution in [0.1, 0.15) is 42.5 Å². The van der Waals surface area contributed by atoms with Crippen LogP contribution in [0.25, 0.3) is 0 Å². The lowest BCUT2D eigenvalue weighted by molar-refractivity contribution is -0.122. The third kappa shape index (κ3) is 4.22. The van der Waals surface area contributed by atoms with Crippen LogP contribution >= 0.6 is 0 Å². The van der Waals surface area contributed by atoms with Crippen LogP contribution in [0.2, 0.25) is 0 Å². The summed E-state index contributed by atoms with van der Waals surface area (Å²) in [5.41, 5.74) is 6.44. The number of anilines is 2. The zero-order valence-corrected chi connectivity index (χ0v) is 14.0. The minimum absolute atomic E-state index is 0.186. The molecule has 3 rings (SSSR count). The van der Waals surface area contributed by atoms with E-state index in [1.165, 1.54) is 0 Å². The fourth-order valence-electron chi connectivity index (χ4n) is 3.03. The number of nitrogens with one attached hydrogen (secondary N) is 2. The van der Waals surface area contributed by atoms with E-state index in [4.69, 9.17) is 5.73 Å². The molecule has 1 fully saturated rings. The molecule has 1 saturated carbocycles. The number of nitrogens with two attached hydrogens (primary N) is 1. The van der Waals surface area contributed by atoms with Gasteiger partial charge in [-0.05, 0) is 43.2 Å². The highest BCUT2D eigenvalue weighted by Crippen LogP contribution is 2.27. The molecule has 1 aromatic heterocycles. The minimum Gasteiger partial charge on any atom is -0.324 e. The molecule has 2 aromatic rings. The van der Waals surface area contributed by atoms with Crippen LogP contribution in [0.4, 0.5) is 11.5 Å². The predicted octanol–water partition coefficient (Wildman–Crippen LogP) is 2.93. The molecule has 0 aliphatic heterocycles. The largest absolute Gasteiger partial charge is 0.324 e. The monoisotopic (exact) mass is 338 g/mol. The highest BCUT2D eigenvalue weighted by Gasteiger charge is 2.35. The summed E-state index contributed by atoms with van der Waals surface area (Å²) in [4.78, 5) is 28.9. The Morgan fingerprint density at radius 2 is 1.80 bits per heavy atom. The topological polar surface area (TPSA) is 97.1 Å². The van der Waals surface area contributed by atoms with Crippen molar-refractivity contribution >= 4 is 23.3 Å². The van der Waals surface area contributed by atoms with E-state index in [1.54, 1.807) is 48.7 Å². The molecule has 1 aromatic carbocycles. The second-order valence-corrected chi connectivity index (χ2v) is 6.42. The Balaban J connectivity index is 1.68. The zero-order valence-electron chi connectivity index (χ0n) is 14.0. The number of aromatic nitrogens is 1. The SMILES string of the molecule is NC1(C(=O)Nc2cccc(C(=O)Nc3ccccn3)c2)CCCCC1. The first-order valence-electron chi connectivity index (χ1n) is 8.50. The van der Waals surface area contributed by atoms with Crippen LogP contribution in [-0.2, 0) is 4.79 Å². The Morgan fingerprint density at radius 3 is 2.52 bits per heavy atom. The Hall–Kier alpha value is -2.73. The van der Waals surface area contributed by atoms with Crippen molar-refractivity contribution in [3.63, 3.8) is 0 Å². The Kier molecular flexibility index (Phi) is 5.09. The first-order valence-corrected chi connectivity index (χ1v) is 8.50. The number of rotatable bonds is 4. The molecule has 1 aliphatic carbocycles. The van der Waals surface area contributed by atoms with Crippen molar-refractivity contribution in [1.29, 1.82) is 0 Å². The molecular weight excluding hydrogens is 316 g/mol. The van der Waals surface area contributed by atoms with E-state index in [0.29, 0.717) is 29.9 Å². The maximum atomic E-state index is 12.5. The molecule has 1 heterocycles. The van der Waals surface area contributed by atoms with Gasteiger partial charge < -0.3 is 16.4 Å². The summed E-state index contributed by atoms with van der Waals surface area (Å²) < 4.78 is 0. The van der Waals surface area contributed by atoms with E-state index in [-0.39, 0.29) is 11.8 Å². The van der Waals surface area contributed by atoms with Crippen molar-refractivity contribution < 1.29 is 9.59 Å². The smallest absolute Gasteiger partial charge is 0.256 e. The molecule has 6 heteroatoms. The van der Waals surface area contributed by atoms with Gasteiger partial charge in [-0.25, -0.2) is 4.98 Å². The van der Waals surface area contributed by atoms with Gasteiger partial charge >= 0.3 is 0 Å². The van der Waals surface area contributed by atoms with Crippen LogP contribution in [0.5, 0.6) is 0 Å². The zero-order chi connectivity index (χ0) is 17.7. The van der Waals surface area contributed by atoms with Gasteiger partial charge in [0.05, 0.1) is 5.54 Å². The van der Waals surface area contributed by atoms with Crippen molar-refractivity contribution in [3.05, 3.63) is 54.2 Å². The fourth-order valence-corrected chi connectivity index (χ4v) is 3.03. The van der Waals surface area contributed by atoms with E-state index in [0.717, 1.165) is 19.3 Å². The number of carbonyl (C=O) groups excluding carboxylic acids is 2. The van der Waals surface area contributed by atoms with Gasteiger partial charge in [-0.2, -0.15) is 0 Å². The van der Waals surface area contributed by atoms with Gasteiger partial charge in [0.2, 0.25) is 5.91 Å². The average Bonchev–Trinajstić information content (AvgIpc) is 2.63. The van der Waals surface area contributed by atoms with E-state index >= 15 is 0 Å². The molecule has 0 radical (unpaired) electrons. The lowest BCUT2D eigenvalue weighted by Gasteiger charge is -2.31. The Labute approximate surface area is 146 Å². The van der Waals surface area contributed by atoms with Crippen LogP contribution in [-0.4, -0.2) is 22.3 Å². The summed E-state index contributed by atoms with van der Waals surface area (Å²) in [5.74, 6) is 0.00877. The first-order chi connectivity index (χ1) is 12.1. The normalized spacial score (nSPS) is 16.0. The lowest BCUT2D eigenvalue weighted by atomic mass is 9.82. The maximum absolute atomic E-state index is 12.5. The summed E-state index contributed by atoms with van der Waals surface area (Å²) in [5, 5.41) is 5.57. The number of benzene rings is 1. The van der Waals surface area contributed by atoms with Gasteiger partial charge in [0.25, 0.3) is 5.91 Å². The molecule has 4 N–H and O–H groups in total.